The lowest BCUT2D eigenvalue weighted by Gasteiger charge is -2.39. The number of nitrogens with one attached hydrogen (secondary N) is 1. The van der Waals surface area contributed by atoms with Crippen molar-refractivity contribution in [3.63, 3.8) is 0 Å². The number of aromatic nitrogens is 1. The van der Waals surface area contributed by atoms with Gasteiger partial charge in [0.1, 0.15) is 5.76 Å². The lowest BCUT2D eigenvalue weighted by molar-refractivity contribution is -0.117. The Kier molecular flexibility index (Phi) is 5.25. The number of anilines is 1. The van der Waals surface area contributed by atoms with Crippen LogP contribution in [0.15, 0.2) is 10.6 Å². The van der Waals surface area contributed by atoms with E-state index in [4.69, 9.17) is 4.52 Å². The van der Waals surface area contributed by atoms with E-state index in [0.29, 0.717) is 29.7 Å². The van der Waals surface area contributed by atoms with Crippen molar-refractivity contribution >= 4 is 11.7 Å². The topological polar surface area (TPSA) is 61.6 Å². The molecule has 6 heteroatoms. The number of likely N-dealkylation sites (N-methyl/N-ethyl adjacent to an activating group) is 2. The van der Waals surface area contributed by atoms with E-state index in [1.54, 1.807) is 6.07 Å². The van der Waals surface area contributed by atoms with Crippen LogP contribution in [0.25, 0.3) is 0 Å². The quantitative estimate of drug-likeness (QED) is 0.897. The zero-order chi connectivity index (χ0) is 17.2. The second-order valence-corrected chi connectivity index (χ2v) is 7.46. The normalized spacial score (nSPS) is 23.9. The second-order valence-electron chi connectivity index (χ2n) is 7.46. The van der Waals surface area contributed by atoms with Crippen LogP contribution in [0.2, 0.25) is 0 Å². The van der Waals surface area contributed by atoms with Crippen molar-refractivity contribution in [3.05, 3.63) is 11.8 Å². The van der Waals surface area contributed by atoms with Gasteiger partial charge in [0.15, 0.2) is 5.82 Å². The van der Waals surface area contributed by atoms with Gasteiger partial charge in [-0.2, -0.15) is 0 Å². The van der Waals surface area contributed by atoms with Crippen LogP contribution in [0.4, 0.5) is 5.82 Å². The van der Waals surface area contributed by atoms with Gasteiger partial charge in [-0.1, -0.05) is 31.3 Å². The summed E-state index contributed by atoms with van der Waals surface area (Å²) >= 11 is 0. The molecule has 0 bridgehead atoms. The summed E-state index contributed by atoms with van der Waals surface area (Å²) < 4.78 is 5.00. The summed E-state index contributed by atoms with van der Waals surface area (Å²) in [4.78, 5) is 17.2. The van der Waals surface area contributed by atoms with E-state index in [-0.39, 0.29) is 5.91 Å². The summed E-state index contributed by atoms with van der Waals surface area (Å²) in [6, 6.07) is 2.21. The minimum Gasteiger partial charge on any atom is -0.360 e. The fourth-order valence-corrected chi connectivity index (χ4v) is 4.50. The third-order valence-corrected chi connectivity index (χ3v) is 5.86. The molecule has 2 fully saturated rings. The minimum atomic E-state index is -0.0163. The fraction of sp³-hybridized carbons (Fsp3) is 0.778. The number of amides is 1. The van der Waals surface area contributed by atoms with E-state index in [1.807, 2.05) is 6.92 Å². The number of rotatable bonds is 5. The molecular weight excluding hydrogens is 304 g/mol. The predicted molar refractivity (Wildman–Crippen MR) is 94.0 cm³/mol. The minimum absolute atomic E-state index is 0.0163. The standard InChI is InChI=1S/C18H30N4O2/c1-4-22(13-17(23)19-16-10-14(2)24-20-16)15-11-18(21(3)12-15)8-6-5-7-9-18/h10,15H,4-9,11-13H2,1-3H3,(H,19,20,23). The zero-order valence-corrected chi connectivity index (χ0v) is 15.2. The number of hydrogen-bond donors (Lipinski definition) is 1. The molecule has 1 spiro atoms. The lowest BCUT2D eigenvalue weighted by Crippen LogP contribution is -2.42. The molecule has 1 aliphatic carbocycles. The van der Waals surface area contributed by atoms with Crippen molar-refractivity contribution in [2.75, 3.05) is 32.0 Å². The molecule has 1 saturated heterocycles. The highest BCUT2D eigenvalue weighted by Gasteiger charge is 2.45. The Morgan fingerprint density at radius 3 is 2.83 bits per heavy atom. The highest BCUT2D eigenvalue weighted by molar-refractivity contribution is 5.91. The Hall–Kier alpha value is -1.40. The molecular formula is C18H30N4O2. The molecule has 6 nitrogen and oxygen atoms in total. The van der Waals surface area contributed by atoms with Crippen LogP contribution in [0, 0.1) is 6.92 Å². The van der Waals surface area contributed by atoms with Gasteiger partial charge in [-0.15, -0.1) is 0 Å². The molecule has 0 radical (unpaired) electrons. The number of likely N-dealkylation sites (tertiary alicyclic amines) is 1. The van der Waals surface area contributed by atoms with Gasteiger partial charge < -0.3 is 9.84 Å². The molecule has 0 aromatic carbocycles. The van der Waals surface area contributed by atoms with Gasteiger partial charge in [0.25, 0.3) is 0 Å². The van der Waals surface area contributed by atoms with Crippen molar-refractivity contribution in [2.45, 2.75) is 64.0 Å². The Balaban J connectivity index is 1.58. The highest BCUT2D eigenvalue weighted by atomic mass is 16.5. The summed E-state index contributed by atoms with van der Waals surface area (Å²) in [7, 11) is 2.26. The van der Waals surface area contributed by atoms with Crippen LogP contribution in [-0.4, -0.2) is 59.1 Å². The van der Waals surface area contributed by atoms with Gasteiger partial charge >= 0.3 is 0 Å². The smallest absolute Gasteiger partial charge is 0.239 e. The molecule has 1 aliphatic heterocycles. The monoisotopic (exact) mass is 334 g/mol. The maximum atomic E-state index is 12.3. The maximum Gasteiger partial charge on any atom is 0.239 e. The number of carbonyl (C=O) groups excluding carboxylic acids is 1. The number of carbonyl (C=O) groups is 1. The van der Waals surface area contributed by atoms with E-state index in [0.717, 1.165) is 13.1 Å². The SMILES string of the molecule is CCN(CC(=O)Nc1cc(C)on1)C1CN(C)C2(CCCCC2)C1. The highest BCUT2D eigenvalue weighted by Crippen LogP contribution is 2.41. The Bertz CT molecular complexity index is 565. The van der Waals surface area contributed by atoms with Crippen molar-refractivity contribution in [2.24, 2.45) is 0 Å². The van der Waals surface area contributed by atoms with Gasteiger partial charge in [0.05, 0.1) is 6.54 Å². The summed E-state index contributed by atoms with van der Waals surface area (Å²) in [6.07, 6.45) is 7.86. The first kappa shape index (κ1) is 17.4. The number of nitrogens with zero attached hydrogens (tertiary/aromatic N) is 3. The van der Waals surface area contributed by atoms with E-state index >= 15 is 0 Å². The van der Waals surface area contributed by atoms with Crippen LogP contribution in [0.1, 0.15) is 51.2 Å². The molecule has 24 heavy (non-hydrogen) atoms. The number of hydrogen-bond acceptors (Lipinski definition) is 5. The largest absolute Gasteiger partial charge is 0.360 e. The molecule has 1 aromatic rings. The molecule has 134 valence electrons. The predicted octanol–water partition coefficient (Wildman–Crippen LogP) is 2.65. The van der Waals surface area contributed by atoms with Crippen molar-refractivity contribution < 1.29 is 9.32 Å². The molecule has 2 heterocycles. The summed E-state index contributed by atoms with van der Waals surface area (Å²) in [6.45, 7) is 6.32. The first-order valence-corrected chi connectivity index (χ1v) is 9.21. The molecule has 1 amide bonds. The fourth-order valence-electron chi connectivity index (χ4n) is 4.50. The van der Waals surface area contributed by atoms with Crippen molar-refractivity contribution in [1.82, 2.24) is 15.0 Å². The van der Waals surface area contributed by atoms with Gasteiger partial charge in [-0.05, 0) is 39.8 Å². The van der Waals surface area contributed by atoms with E-state index in [1.165, 1.54) is 38.5 Å². The van der Waals surface area contributed by atoms with E-state index < -0.39 is 0 Å². The second kappa shape index (κ2) is 7.23. The first-order valence-electron chi connectivity index (χ1n) is 9.21. The first-order chi connectivity index (χ1) is 11.5. The third-order valence-electron chi connectivity index (χ3n) is 5.86. The number of aryl methyl sites for hydroxylation is 1. The average Bonchev–Trinajstić information content (AvgIpc) is 3.10. The Labute approximate surface area is 144 Å². The van der Waals surface area contributed by atoms with Crippen LogP contribution in [0.5, 0.6) is 0 Å². The summed E-state index contributed by atoms with van der Waals surface area (Å²) in [5.74, 6) is 1.19. The van der Waals surface area contributed by atoms with E-state index in [2.05, 4.69) is 34.2 Å². The van der Waals surface area contributed by atoms with Crippen LogP contribution < -0.4 is 5.32 Å². The summed E-state index contributed by atoms with van der Waals surface area (Å²) in [5.41, 5.74) is 0.371. The molecule has 3 rings (SSSR count). The van der Waals surface area contributed by atoms with Crippen LogP contribution >= 0.6 is 0 Å². The van der Waals surface area contributed by atoms with Crippen molar-refractivity contribution in [1.29, 1.82) is 0 Å². The van der Waals surface area contributed by atoms with Gasteiger partial charge in [0, 0.05) is 24.2 Å². The van der Waals surface area contributed by atoms with Gasteiger partial charge in [0.2, 0.25) is 5.91 Å². The van der Waals surface area contributed by atoms with E-state index in [9.17, 15) is 4.79 Å². The average molecular weight is 334 g/mol. The Morgan fingerprint density at radius 2 is 2.21 bits per heavy atom. The molecule has 1 N–H and O–H groups in total. The van der Waals surface area contributed by atoms with Crippen LogP contribution in [-0.2, 0) is 4.79 Å². The molecule has 1 aromatic heterocycles. The third kappa shape index (κ3) is 3.64. The molecule has 1 saturated carbocycles. The summed E-state index contributed by atoms with van der Waals surface area (Å²) in [5, 5.41) is 6.67. The maximum absolute atomic E-state index is 12.3. The Morgan fingerprint density at radius 1 is 1.46 bits per heavy atom. The molecule has 2 aliphatic rings. The lowest BCUT2D eigenvalue weighted by atomic mass is 9.79. The van der Waals surface area contributed by atoms with Crippen LogP contribution in [0.3, 0.4) is 0 Å². The molecule has 1 unspecified atom stereocenters. The molecule has 1 atom stereocenters. The van der Waals surface area contributed by atoms with Gasteiger partial charge in [-0.3, -0.25) is 14.6 Å². The zero-order valence-electron chi connectivity index (χ0n) is 15.2. The van der Waals surface area contributed by atoms with Crippen molar-refractivity contribution in [3.8, 4) is 0 Å². The van der Waals surface area contributed by atoms with Gasteiger partial charge in [-0.25, -0.2) is 0 Å².